The summed E-state index contributed by atoms with van der Waals surface area (Å²) in [6.45, 7) is 1.18. The molecule has 1 aromatic rings. The maximum Gasteiger partial charge on any atom is 0.272 e. The van der Waals surface area contributed by atoms with Crippen LogP contribution in [0.4, 0.5) is 5.69 Å². The predicted molar refractivity (Wildman–Crippen MR) is 65.0 cm³/mol. The Hall–Kier alpha value is -2.13. The van der Waals surface area contributed by atoms with Gasteiger partial charge in [-0.15, -0.1) is 0 Å². The van der Waals surface area contributed by atoms with Gasteiger partial charge in [0.25, 0.3) is 5.91 Å². The van der Waals surface area contributed by atoms with Crippen molar-refractivity contribution in [3.8, 4) is 6.07 Å². The number of hydrogen-bond acceptors (Lipinski definition) is 5. The molecule has 1 unspecified atom stereocenters. The van der Waals surface area contributed by atoms with E-state index < -0.39 is 6.10 Å². The summed E-state index contributed by atoms with van der Waals surface area (Å²) >= 11 is 0. The first-order valence-corrected chi connectivity index (χ1v) is 5.69. The third-order valence-electron chi connectivity index (χ3n) is 2.77. The number of ether oxygens (including phenoxy) is 1. The maximum atomic E-state index is 12.1. The third kappa shape index (κ3) is 2.57. The van der Waals surface area contributed by atoms with Crippen LogP contribution in [0.1, 0.15) is 10.5 Å². The molecule has 1 saturated heterocycles. The second-order valence-corrected chi connectivity index (χ2v) is 3.92. The molecule has 0 radical (unpaired) electrons. The van der Waals surface area contributed by atoms with Crippen molar-refractivity contribution in [1.82, 2.24) is 9.88 Å². The topological polar surface area (TPSA) is 78.3 Å². The van der Waals surface area contributed by atoms with Crippen molar-refractivity contribution in [1.29, 1.82) is 5.26 Å². The lowest BCUT2D eigenvalue weighted by molar-refractivity contribution is 0.00320. The fourth-order valence-electron chi connectivity index (χ4n) is 1.74. The Morgan fingerprint density at radius 1 is 1.67 bits per heavy atom. The molecule has 0 bridgehead atoms. The number of amides is 1. The smallest absolute Gasteiger partial charge is 0.272 e. The predicted octanol–water partition coefficient (Wildman–Crippen LogP) is 0.488. The molecule has 1 aliphatic rings. The number of carbonyl (C=O) groups is 1. The van der Waals surface area contributed by atoms with Gasteiger partial charge in [0, 0.05) is 13.6 Å². The number of carbonyl (C=O) groups excluding carboxylic acids is 1. The Bertz CT molecular complexity index is 466. The number of nitrogens with zero attached hydrogens (tertiary/aromatic N) is 3. The lowest BCUT2D eigenvalue weighted by atomic mass is 10.2. The van der Waals surface area contributed by atoms with Gasteiger partial charge >= 0.3 is 0 Å². The summed E-state index contributed by atoms with van der Waals surface area (Å²) in [5.74, 6) is -0.166. The van der Waals surface area contributed by atoms with Crippen LogP contribution in [0.25, 0.3) is 0 Å². The number of pyridine rings is 1. The molecule has 2 rings (SSSR count). The van der Waals surface area contributed by atoms with E-state index >= 15 is 0 Å². The van der Waals surface area contributed by atoms with Crippen LogP contribution >= 0.6 is 0 Å². The third-order valence-corrected chi connectivity index (χ3v) is 2.77. The van der Waals surface area contributed by atoms with Crippen LogP contribution in [0, 0.1) is 11.3 Å². The van der Waals surface area contributed by atoms with E-state index in [1.165, 1.54) is 0 Å². The van der Waals surface area contributed by atoms with E-state index in [0.29, 0.717) is 25.4 Å². The van der Waals surface area contributed by atoms with Crippen molar-refractivity contribution < 1.29 is 9.53 Å². The molecule has 1 fully saturated rings. The molecular formula is C12H14N4O2. The van der Waals surface area contributed by atoms with Crippen molar-refractivity contribution in [2.75, 3.05) is 32.1 Å². The Kier molecular flexibility index (Phi) is 3.75. The first kappa shape index (κ1) is 12.3. The number of hydrogen-bond donors (Lipinski definition) is 1. The van der Waals surface area contributed by atoms with Crippen LogP contribution in [0.15, 0.2) is 18.3 Å². The molecule has 1 N–H and O–H groups in total. The van der Waals surface area contributed by atoms with E-state index in [-0.39, 0.29) is 5.91 Å². The first-order chi connectivity index (χ1) is 8.74. The molecule has 1 atom stereocenters. The zero-order valence-corrected chi connectivity index (χ0v) is 10.1. The zero-order valence-electron chi connectivity index (χ0n) is 10.1. The monoisotopic (exact) mass is 246 g/mol. The minimum absolute atomic E-state index is 0.166. The fourth-order valence-corrected chi connectivity index (χ4v) is 1.74. The normalized spacial score (nSPS) is 19.1. The van der Waals surface area contributed by atoms with Crippen molar-refractivity contribution >= 4 is 11.6 Å². The molecule has 1 aliphatic heterocycles. The SMILES string of the molecule is CNc1ccc(C(=O)N2CCOC(C#N)C2)nc1. The summed E-state index contributed by atoms with van der Waals surface area (Å²) in [6.07, 6.45) is 1.06. The van der Waals surface area contributed by atoms with Gasteiger partial charge < -0.3 is 15.0 Å². The number of morpholine rings is 1. The van der Waals surface area contributed by atoms with Crippen molar-refractivity contribution in [3.63, 3.8) is 0 Å². The van der Waals surface area contributed by atoms with Gasteiger partial charge in [0.2, 0.25) is 0 Å². The zero-order chi connectivity index (χ0) is 13.0. The van der Waals surface area contributed by atoms with E-state index in [4.69, 9.17) is 10.00 Å². The quantitative estimate of drug-likeness (QED) is 0.821. The van der Waals surface area contributed by atoms with Gasteiger partial charge in [-0.25, -0.2) is 4.98 Å². The highest BCUT2D eigenvalue weighted by molar-refractivity contribution is 5.92. The summed E-state index contributed by atoms with van der Waals surface area (Å²) in [5, 5.41) is 11.7. The van der Waals surface area contributed by atoms with Gasteiger partial charge in [0.05, 0.1) is 31.1 Å². The van der Waals surface area contributed by atoms with Crippen LogP contribution in [0.2, 0.25) is 0 Å². The number of rotatable bonds is 2. The Balaban J connectivity index is 2.08. The second kappa shape index (κ2) is 5.47. The van der Waals surface area contributed by atoms with Crippen molar-refractivity contribution in [2.45, 2.75) is 6.10 Å². The lowest BCUT2D eigenvalue weighted by Crippen LogP contribution is -2.45. The van der Waals surface area contributed by atoms with Crippen molar-refractivity contribution in [2.24, 2.45) is 0 Å². The molecule has 0 saturated carbocycles. The molecule has 94 valence electrons. The minimum atomic E-state index is -0.542. The van der Waals surface area contributed by atoms with Gasteiger partial charge in [-0.05, 0) is 12.1 Å². The maximum absolute atomic E-state index is 12.1. The summed E-state index contributed by atoms with van der Waals surface area (Å²) in [4.78, 5) is 17.8. The average Bonchev–Trinajstić information content (AvgIpc) is 2.46. The van der Waals surface area contributed by atoms with Crippen LogP contribution in [0.5, 0.6) is 0 Å². The molecular weight excluding hydrogens is 232 g/mol. The van der Waals surface area contributed by atoms with Crippen LogP contribution in [0.3, 0.4) is 0 Å². The summed E-state index contributed by atoms with van der Waals surface area (Å²) < 4.78 is 5.19. The van der Waals surface area contributed by atoms with Gasteiger partial charge in [-0.2, -0.15) is 5.26 Å². The highest BCUT2D eigenvalue weighted by Gasteiger charge is 2.25. The molecule has 6 heteroatoms. The molecule has 0 spiro atoms. The largest absolute Gasteiger partial charge is 0.387 e. The summed E-state index contributed by atoms with van der Waals surface area (Å²) in [6, 6.07) is 5.48. The number of anilines is 1. The molecule has 6 nitrogen and oxygen atoms in total. The summed E-state index contributed by atoms with van der Waals surface area (Å²) in [7, 11) is 1.79. The summed E-state index contributed by atoms with van der Waals surface area (Å²) in [5.41, 5.74) is 1.23. The standard InChI is InChI=1S/C12H14N4O2/c1-14-9-2-3-11(15-7-9)12(17)16-4-5-18-10(6-13)8-16/h2-3,7,10,14H,4-5,8H2,1H3. The number of nitrogens with one attached hydrogen (secondary N) is 1. The van der Waals surface area contributed by atoms with Crippen LogP contribution in [-0.4, -0.2) is 48.6 Å². The molecule has 0 aliphatic carbocycles. The highest BCUT2D eigenvalue weighted by Crippen LogP contribution is 2.11. The van der Waals surface area contributed by atoms with E-state index in [1.807, 2.05) is 6.07 Å². The second-order valence-electron chi connectivity index (χ2n) is 3.92. The molecule has 1 aromatic heterocycles. The molecule has 0 aromatic carbocycles. The number of aromatic nitrogens is 1. The van der Waals surface area contributed by atoms with Gasteiger partial charge in [-0.1, -0.05) is 0 Å². The van der Waals surface area contributed by atoms with E-state index in [0.717, 1.165) is 5.69 Å². The highest BCUT2D eigenvalue weighted by atomic mass is 16.5. The first-order valence-electron chi connectivity index (χ1n) is 5.69. The average molecular weight is 246 g/mol. The molecule has 1 amide bonds. The van der Waals surface area contributed by atoms with Gasteiger partial charge in [-0.3, -0.25) is 4.79 Å². The Labute approximate surface area is 105 Å². The van der Waals surface area contributed by atoms with Gasteiger partial charge in [0.15, 0.2) is 6.10 Å². The van der Waals surface area contributed by atoms with Crippen LogP contribution in [-0.2, 0) is 4.74 Å². The van der Waals surface area contributed by atoms with E-state index in [2.05, 4.69) is 10.3 Å². The Morgan fingerprint density at radius 3 is 3.11 bits per heavy atom. The Morgan fingerprint density at radius 2 is 2.50 bits per heavy atom. The fraction of sp³-hybridized carbons (Fsp3) is 0.417. The number of nitriles is 1. The van der Waals surface area contributed by atoms with Crippen LogP contribution < -0.4 is 5.32 Å². The molecule has 2 heterocycles. The molecule has 18 heavy (non-hydrogen) atoms. The van der Waals surface area contributed by atoms with Crippen molar-refractivity contribution in [3.05, 3.63) is 24.0 Å². The van der Waals surface area contributed by atoms with Gasteiger partial charge in [0.1, 0.15) is 5.69 Å². The lowest BCUT2D eigenvalue weighted by Gasteiger charge is -2.29. The minimum Gasteiger partial charge on any atom is -0.387 e. The van der Waals surface area contributed by atoms with E-state index in [9.17, 15) is 4.79 Å². The van der Waals surface area contributed by atoms with E-state index in [1.54, 1.807) is 30.3 Å².